The molecule has 0 saturated carbocycles. The zero-order valence-electron chi connectivity index (χ0n) is 6.73. The van der Waals surface area contributed by atoms with E-state index < -0.39 is 0 Å². The van der Waals surface area contributed by atoms with Gasteiger partial charge in [0.15, 0.2) is 0 Å². The van der Waals surface area contributed by atoms with E-state index in [0.29, 0.717) is 0 Å². The van der Waals surface area contributed by atoms with Crippen molar-refractivity contribution in [1.29, 1.82) is 0 Å². The number of hydrogen-bond donors (Lipinski definition) is 1. The molecule has 2 N–H and O–H groups in total. The Hall–Kier alpha value is -0.870. The summed E-state index contributed by atoms with van der Waals surface area (Å²) in [6.45, 7) is 0.735. The molecule has 2 aromatic heterocycles. The van der Waals surface area contributed by atoms with Crippen LogP contribution < -0.4 is 5.73 Å². The van der Waals surface area contributed by atoms with Gasteiger partial charge in [-0.2, -0.15) is 0 Å². The molecule has 0 fully saturated rings. The Balaban J connectivity index is 2.28. The smallest absolute Gasteiger partial charge is 0.119 e. The lowest BCUT2D eigenvalue weighted by molar-refractivity contribution is 0.779. The van der Waals surface area contributed by atoms with Crippen LogP contribution in [0.1, 0.15) is 12.2 Å². The molecule has 2 rings (SSSR count). The van der Waals surface area contributed by atoms with Gasteiger partial charge in [-0.3, -0.25) is 4.40 Å². The summed E-state index contributed by atoms with van der Waals surface area (Å²) in [5.41, 5.74) is 5.43. The van der Waals surface area contributed by atoms with Gasteiger partial charge in [-0.05, 0) is 13.0 Å². The van der Waals surface area contributed by atoms with Gasteiger partial charge in [0.1, 0.15) is 10.7 Å². The number of rotatable bonds is 3. The van der Waals surface area contributed by atoms with Crippen molar-refractivity contribution in [2.24, 2.45) is 5.73 Å². The second kappa shape index (κ2) is 3.25. The minimum absolute atomic E-state index is 0.735. The molecule has 0 amide bonds. The van der Waals surface area contributed by atoms with Crippen molar-refractivity contribution >= 4 is 16.2 Å². The van der Waals surface area contributed by atoms with Gasteiger partial charge < -0.3 is 5.73 Å². The van der Waals surface area contributed by atoms with Gasteiger partial charge in [-0.25, -0.2) is 4.98 Å². The molecule has 0 atom stereocenters. The third-order valence-corrected chi connectivity index (χ3v) is 2.64. The van der Waals surface area contributed by atoms with Crippen LogP contribution in [0, 0.1) is 0 Å². The fourth-order valence-corrected chi connectivity index (χ4v) is 1.95. The van der Waals surface area contributed by atoms with Crippen molar-refractivity contribution < 1.29 is 0 Å². The van der Waals surface area contributed by atoms with Crippen molar-refractivity contribution in [1.82, 2.24) is 9.38 Å². The highest BCUT2D eigenvalue weighted by atomic mass is 32.1. The van der Waals surface area contributed by atoms with Crippen molar-refractivity contribution in [2.75, 3.05) is 6.54 Å². The molecule has 0 aliphatic heterocycles. The molecule has 2 heterocycles. The van der Waals surface area contributed by atoms with Crippen LogP contribution >= 0.6 is 11.3 Å². The van der Waals surface area contributed by atoms with Gasteiger partial charge >= 0.3 is 0 Å². The van der Waals surface area contributed by atoms with Crippen LogP contribution in [-0.4, -0.2) is 15.9 Å². The molecule has 12 heavy (non-hydrogen) atoms. The van der Waals surface area contributed by atoms with E-state index in [-0.39, 0.29) is 0 Å². The van der Waals surface area contributed by atoms with Crippen molar-refractivity contribution in [2.45, 2.75) is 12.8 Å². The van der Waals surface area contributed by atoms with E-state index in [1.165, 1.54) is 4.83 Å². The van der Waals surface area contributed by atoms with Crippen LogP contribution in [0.5, 0.6) is 0 Å². The standard InChI is InChI=1S/C8H11N3S/c9-3-1-2-7-10-6-8-11(7)4-5-12-8/h4-6H,1-3,9H2. The van der Waals surface area contributed by atoms with E-state index in [9.17, 15) is 0 Å². The van der Waals surface area contributed by atoms with Crippen molar-refractivity contribution in [3.8, 4) is 0 Å². The Labute approximate surface area is 74.8 Å². The molecular weight excluding hydrogens is 170 g/mol. The Morgan fingerprint density at radius 2 is 2.50 bits per heavy atom. The highest BCUT2D eigenvalue weighted by molar-refractivity contribution is 7.15. The SMILES string of the molecule is NCCCc1ncc2sccn12. The van der Waals surface area contributed by atoms with E-state index in [1.54, 1.807) is 11.3 Å². The number of nitrogens with two attached hydrogens (primary N) is 1. The summed E-state index contributed by atoms with van der Waals surface area (Å²) < 4.78 is 2.13. The highest BCUT2D eigenvalue weighted by Gasteiger charge is 2.02. The maximum absolute atomic E-state index is 5.43. The molecule has 64 valence electrons. The van der Waals surface area contributed by atoms with Gasteiger partial charge in [0.2, 0.25) is 0 Å². The molecule has 0 spiro atoms. The maximum Gasteiger partial charge on any atom is 0.119 e. The zero-order valence-corrected chi connectivity index (χ0v) is 7.55. The minimum Gasteiger partial charge on any atom is -0.330 e. The van der Waals surface area contributed by atoms with Crippen LogP contribution in [-0.2, 0) is 6.42 Å². The lowest BCUT2D eigenvalue weighted by Crippen LogP contribution is -2.02. The number of hydrogen-bond acceptors (Lipinski definition) is 3. The quantitative estimate of drug-likeness (QED) is 0.775. The van der Waals surface area contributed by atoms with Gasteiger partial charge in [0.05, 0.1) is 6.20 Å². The molecule has 0 aliphatic carbocycles. The predicted octanol–water partition coefficient (Wildman–Crippen LogP) is 1.29. The van der Waals surface area contributed by atoms with E-state index in [2.05, 4.69) is 21.0 Å². The maximum atomic E-state index is 5.43. The Bertz CT molecular complexity index is 363. The average Bonchev–Trinajstić information content (AvgIpc) is 2.62. The van der Waals surface area contributed by atoms with Crippen LogP contribution in [0.4, 0.5) is 0 Å². The van der Waals surface area contributed by atoms with E-state index in [4.69, 9.17) is 5.73 Å². The topological polar surface area (TPSA) is 43.3 Å². The summed E-state index contributed by atoms with van der Waals surface area (Å²) in [5.74, 6) is 1.12. The average molecular weight is 181 g/mol. The molecule has 0 radical (unpaired) electrons. The van der Waals surface area contributed by atoms with Gasteiger partial charge in [-0.1, -0.05) is 0 Å². The fraction of sp³-hybridized carbons (Fsp3) is 0.375. The fourth-order valence-electron chi connectivity index (χ4n) is 1.23. The van der Waals surface area contributed by atoms with E-state index in [0.717, 1.165) is 25.2 Å². The summed E-state index contributed by atoms with van der Waals surface area (Å²) in [6, 6.07) is 0. The summed E-state index contributed by atoms with van der Waals surface area (Å²) in [5, 5.41) is 2.07. The lowest BCUT2D eigenvalue weighted by atomic mass is 10.3. The van der Waals surface area contributed by atoms with Gasteiger partial charge in [0, 0.05) is 18.0 Å². The Kier molecular flexibility index (Phi) is 2.10. The first-order valence-electron chi connectivity index (χ1n) is 4.01. The Morgan fingerprint density at radius 1 is 1.58 bits per heavy atom. The molecule has 0 bridgehead atoms. The number of imidazole rings is 1. The first-order chi connectivity index (χ1) is 5.92. The molecule has 4 heteroatoms. The number of aromatic nitrogens is 2. The normalized spacial score (nSPS) is 11.1. The van der Waals surface area contributed by atoms with E-state index >= 15 is 0 Å². The highest BCUT2D eigenvalue weighted by Crippen LogP contribution is 2.13. The summed E-state index contributed by atoms with van der Waals surface area (Å²) in [4.78, 5) is 5.52. The summed E-state index contributed by atoms with van der Waals surface area (Å²) in [7, 11) is 0. The van der Waals surface area contributed by atoms with Crippen LogP contribution in [0.3, 0.4) is 0 Å². The lowest BCUT2D eigenvalue weighted by Gasteiger charge is -1.94. The van der Waals surface area contributed by atoms with Crippen molar-refractivity contribution in [3.63, 3.8) is 0 Å². The first-order valence-corrected chi connectivity index (χ1v) is 4.89. The summed E-state index contributed by atoms with van der Waals surface area (Å²) >= 11 is 1.71. The van der Waals surface area contributed by atoms with Crippen LogP contribution in [0.15, 0.2) is 17.8 Å². The molecular formula is C8H11N3S. The third-order valence-electron chi connectivity index (χ3n) is 1.84. The number of thiazole rings is 1. The number of nitrogens with zero attached hydrogens (tertiary/aromatic N) is 2. The molecule has 3 nitrogen and oxygen atoms in total. The van der Waals surface area contributed by atoms with Gasteiger partial charge in [-0.15, -0.1) is 11.3 Å². The van der Waals surface area contributed by atoms with Crippen LogP contribution in [0.25, 0.3) is 4.83 Å². The van der Waals surface area contributed by atoms with Gasteiger partial charge in [0.25, 0.3) is 0 Å². The monoisotopic (exact) mass is 181 g/mol. The summed E-state index contributed by atoms with van der Waals surface area (Å²) in [6.07, 6.45) is 5.95. The second-order valence-electron chi connectivity index (χ2n) is 2.68. The molecule has 0 saturated heterocycles. The third kappa shape index (κ3) is 1.23. The second-order valence-corrected chi connectivity index (χ2v) is 3.60. The largest absolute Gasteiger partial charge is 0.330 e. The molecule has 2 aromatic rings. The first kappa shape index (κ1) is 7.76. The molecule has 0 aliphatic rings. The molecule has 0 unspecified atom stereocenters. The predicted molar refractivity (Wildman–Crippen MR) is 50.4 cm³/mol. The Morgan fingerprint density at radius 3 is 3.33 bits per heavy atom. The van der Waals surface area contributed by atoms with Crippen molar-refractivity contribution in [3.05, 3.63) is 23.6 Å². The van der Waals surface area contributed by atoms with E-state index in [1.807, 2.05) is 6.20 Å². The molecule has 0 aromatic carbocycles. The number of fused-ring (bicyclic) bond motifs is 1. The number of aryl methyl sites for hydroxylation is 1. The zero-order chi connectivity index (χ0) is 8.39. The van der Waals surface area contributed by atoms with Crippen LogP contribution in [0.2, 0.25) is 0 Å². The minimum atomic E-state index is 0.735.